The van der Waals surface area contributed by atoms with Gasteiger partial charge in [-0.1, -0.05) is 30.3 Å². The minimum Gasteiger partial charge on any atom is -0.497 e. The van der Waals surface area contributed by atoms with Gasteiger partial charge in [-0.3, -0.25) is 4.98 Å². The summed E-state index contributed by atoms with van der Waals surface area (Å²) in [6.45, 7) is 0.671. The van der Waals surface area contributed by atoms with Crippen LogP contribution in [-0.2, 0) is 6.54 Å². The van der Waals surface area contributed by atoms with E-state index in [1.165, 1.54) is 10.9 Å². The van der Waals surface area contributed by atoms with Gasteiger partial charge >= 0.3 is 0 Å². The maximum atomic E-state index is 5.29. The normalized spacial score (nSPS) is 10.7. The molecule has 0 spiro atoms. The Hall–Kier alpha value is -3.54. The summed E-state index contributed by atoms with van der Waals surface area (Å²) in [4.78, 5) is 10.9. The predicted octanol–water partition coefficient (Wildman–Crippen LogP) is 3.73. The molecule has 0 saturated heterocycles. The third-order valence-electron chi connectivity index (χ3n) is 4.43. The van der Waals surface area contributed by atoms with Crippen LogP contribution in [0.3, 0.4) is 0 Å². The fraction of sp³-hybridized carbons (Fsp3) is 0.143. The zero-order valence-electron chi connectivity index (χ0n) is 15.2. The van der Waals surface area contributed by atoms with Crippen LogP contribution in [0.5, 0.6) is 5.75 Å². The number of aromatic nitrogens is 4. The highest BCUT2D eigenvalue weighted by Crippen LogP contribution is 2.24. The molecular weight excluding hydrogens is 338 g/mol. The van der Waals surface area contributed by atoms with E-state index in [4.69, 9.17) is 4.74 Å². The molecule has 0 aliphatic heterocycles. The highest BCUT2D eigenvalue weighted by molar-refractivity contribution is 5.84. The van der Waals surface area contributed by atoms with Gasteiger partial charge in [-0.15, -0.1) is 5.10 Å². The van der Waals surface area contributed by atoms with Crippen molar-refractivity contribution >= 4 is 16.7 Å². The number of pyridine rings is 1. The first kappa shape index (κ1) is 16.9. The van der Waals surface area contributed by atoms with Gasteiger partial charge in [0.1, 0.15) is 5.75 Å². The van der Waals surface area contributed by atoms with Gasteiger partial charge in [0.15, 0.2) is 0 Å². The summed E-state index contributed by atoms with van der Waals surface area (Å²) >= 11 is 0. The Morgan fingerprint density at radius 2 is 1.93 bits per heavy atom. The van der Waals surface area contributed by atoms with Crippen molar-refractivity contribution in [3.05, 3.63) is 72.7 Å². The van der Waals surface area contributed by atoms with Crippen LogP contribution in [0.2, 0.25) is 0 Å². The largest absolute Gasteiger partial charge is 0.497 e. The molecule has 0 N–H and O–H groups in total. The highest BCUT2D eigenvalue weighted by atomic mass is 16.5. The molecule has 0 bridgehead atoms. The molecule has 0 aliphatic carbocycles. The summed E-state index contributed by atoms with van der Waals surface area (Å²) in [6.07, 6.45) is 5.35. The van der Waals surface area contributed by atoms with Crippen molar-refractivity contribution in [3.63, 3.8) is 0 Å². The lowest BCUT2D eigenvalue weighted by Crippen LogP contribution is -2.20. The molecule has 4 rings (SSSR count). The van der Waals surface area contributed by atoms with E-state index in [-0.39, 0.29) is 0 Å². The van der Waals surface area contributed by atoms with Gasteiger partial charge in [0.2, 0.25) is 5.95 Å². The Morgan fingerprint density at radius 3 is 2.81 bits per heavy atom. The van der Waals surface area contributed by atoms with Gasteiger partial charge < -0.3 is 9.64 Å². The average Bonchev–Trinajstić information content (AvgIpc) is 2.74. The van der Waals surface area contributed by atoms with Crippen LogP contribution in [0.25, 0.3) is 22.0 Å². The third-order valence-corrected chi connectivity index (χ3v) is 4.43. The summed E-state index contributed by atoms with van der Waals surface area (Å²) in [5, 5.41) is 10.6. The minimum atomic E-state index is 0.571. The number of rotatable bonds is 5. The predicted molar refractivity (Wildman–Crippen MR) is 106 cm³/mol. The molecule has 0 amide bonds. The number of hydrogen-bond donors (Lipinski definition) is 0. The van der Waals surface area contributed by atoms with E-state index in [2.05, 4.69) is 32.3 Å². The second-order valence-corrected chi connectivity index (χ2v) is 6.24. The van der Waals surface area contributed by atoms with Crippen LogP contribution in [0.4, 0.5) is 5.95 Å². The molecule has 0 unspecified atom stereocenters. The monoisotopic (exact) mass is 357 g/mol. The summed E-state index contributed by atoms with van der Waals surface area (Å²) in [6, 6.07) is 16.0. The van der Waals surface area contributed by atoms with Crippen molar-refractivity contribution in [2.45, 2.75) is 6.54 Å². The van der Waals surface area contributed by atoms with E-state index >= 15 is 0 Å². The van der Waals surface area contributed by atoms with E-state index in [0.29, 0.717) is 12.5 Å². The fourth-order valence-corrected chi connectivity index (χ4v) is 3.03. The lowest BCUT2D eigenvalue weighted by atomic mass is 10.1. The number of anilines is 1. The van der Waals surface area contributed by atoms with Crippen molar-refractivity contribution in [1.82, 2.24) is 20.2 Å². The zero-order chi connectivity index (χ0) is 18.6. The Kier molecular flexibility index (Phi) is 4.61. The SMILES string of the molecule is COc1cccc(-c2cnnc(N(C)Cc3cccc4cnccc34)n2)c1. The van der Waals surface area contributed by atoms with Crippen LogP contribution in [0.15, 0.2) is 67.1 Å². The van der Waals surface area contributed by atoms with E-state index in [1.807, 2.05) is 60.7 Å². The first-order chi connectivity index (χ1) is 13.2. The summed E-state index contributed by atoms with van der Waals surface area (Å²) in [5.41, 5.74) is 2.88. The van der Waals surface area contributed by atoms with Gasteiger partial charge in [0, 0.05) is 36.9 Å². The molecule has 0 saturated carbocycles. The molecule has 2 aromatic heterocycles. The molecule has 0 aliphatic rings. The number of benzene rings is 2. The number of nitrogens with zero attached hydrogens (tertiary/aromatic N) is 5. The topological polar surface area (TPSA) is 64.0 Å². The molecule has 134 valence electrons. The Morgan fingerprint density at radius 1 is 1.04 bits per heavy atom. The second-order valence-electron chi connectivity index (χ2n) is 6.24. The number of fused-ring (bicyclic) bond motifs is 1. The smallest absolute Gasteiger partial charge is 0.245 e. The average molecular weight is 357 g/mol. The van der Waals surface area contributed by atoms with Crippen LogP contribution >= 0.6 is 0 Å². The van der Waals surface area contributed by atoms with Crippen molar-refractivity contribution in [1.29, 1.82) is 0 Å². The molecule has 2 aromatic carbocycles. The first-order valence-electron chi connectivity index (χ1n) is 8.61. The van der Waals surface area contributed by atoms with E-state index < -0.39 is 0 Å². The van der Waals surface area contributed by atoms with Gasteiger partial charge in [-0.25, -0.2) is 4.98 Å². The van der Waals surface area contributed by atoms with Crippen molar-refractivity contribution in [2.75, 3.05) is 19.1 Å². The molecule has 6 nitrogen and oxygen atoms in total. The first-order valence-corrected chi connectivity index (χ1v) is 8.61. The van der Waals surface area contributed by atoms with E-state index in [1.54, 1.807) is 13.3 Å². The molecule has 4 aromatic rings. The van der Waals surface area contributed by atoms with Gasteiger partial charge in [-0.05, 0) is 29.1 Å². The van der Waals surface area contributed by atoms with E-state index in [9.17, 15) is 0 Å². The van der Waals surface area contributed by atoms with Crippen LogP contribution < -0.4 is 9.64 Å². The molecule has 0 radical (unpaired) electrons. The van der Waals surface area contributed by atoms with Crippen molar-refractivity contribution in [3.8, 4) is 17.0 Å². The molecule has 6 heteroatoms. The lowest BCUT2D eigenvalue weighted by Gasteiger charge is -2.18. The van der Waals surface area contributed by atoms with Crippen molar-refractivity contribution < 1.29 is 4.74 Å². The number of methoxy groups -OCH3 is 1. The van der Waals surface area contributed by atoms with Gasteiger partial charge in [0.25, 0.3) is 0 Å². The highest BCUT2D eigenvalue weighted by Gasteiger charge is 2.11. The van der Waals surface area contributed by atoms with Crippen molar-refractivity contribution in [2.24, 2.45) is 0 Å². The summed E-state index contributed by atoms with van der Waals surface area (Å²) < 4.78 is 5.29. The maximum Gasteiger partial charge on any atom is 0.245 e. The standard InChI is InChI=1S/C21H19N5O/c1-26(14-17-7-3-6-16-12-22-10-9-19(16)17)21-24-20(13-23-25-21)15-5-4-8-18(11-15)27-2/h3-13H,14H2,1-2H3. The number of hydrogen-bond acceptors (Lipinski definition) is 6. The maximum absolute atomic E-state index is 5.29. The molecular formula is C21H19N5O. The quantitative estimate of drug-likeness (QED) is 0.542. The molecule has 0 atom stereocenters. The third kappa shape index (κ3) is 3.55. The molecule has 2 heterocycles. The van der Waals surface area contributed by atoms with E-state index in [0.717, 1.165) is 22.4 Å². The van der Waals surface area contributed by atoms with Gasteiger partial charge in [0.05, 0.1) is 19.0 Å². The lowest BCUT2D eigenvalue weighted by molar-refractivity contribution is 0.415. The fourth-order valence-electron chi connectivity index (χ4n) is 3.03. The van der Waals surface area contributed by atoms with Crippen LogP contribution in [0.1, 0.15) is 5.56 Å². The zero-order valence-corrected chi connectivity index (χ0v) is 15.2. The van der Waals surface area contributed by atoms with Crippen LogP contribution in [0, 0.1) is 0 Å². The second kappa shape index (κ2) is 7.37. The molecule has 0 fully saturated rings. The Bertz CT molecular complexity index is 1080. The Balaban J connectivity index is 1.63. The summed E-state index contributed by atoms with van der Waals surface area (Å²) in [7, 11) is 3.61. The minimum absolute atomic E-state index is 0.571. The number of ether oxygens (including phenoxy) is 1. The summed E-state index contributed by atoms with van der Waals surface area (Å²) in [5.74, 6) is 1.35. The molecule has 27 heavy (non-hydrogen) atoms. The van der Waals surface area contributed by atoms with Crippen LogP contribution in [-0.4, -0.2) is 34.3 Å². The van der Waals surface area contributed by atoms with Gasteiger partial charge in [-0.2, -0.15) is 5.10 Å². The Labute approximate surface area is 157 Å².